The van der Waals surface area contributed by atoms with Gasteiger partial charge < -0.3 is 10.4 Å². The highest BCUT2D eigenvalue weighted by Gasteiger charge is 2.26. The Morgan fingerprint density at radius 3 is 2.89 bits per heavy atom. The number of aromatic nitrogens is 1. The first-order valence-corrected chi connectivity index (χ1v) is 7.85. The molecule has 0 aliphatic heterocycles. The second-order valence-electron chi connectivity index (χ2n) is 5.76. The summed E-state index contributed by atoms with van der Waals surface area (Å²) >= 11 is 1.57. The van der Waals surface area contributed by atoms with Crippen molar-refractivity contribution >= 4 is 22.4 Å². The fraction of sp³-hybridized carbons (Fsp3) is 0.714. The van der Waals surface area contributed by atoms with Crippen LogP contribution in [0, 0.1) is 5.41 Å². The van der Waals surface area contributed by atoms with Gasteiger partial charge in [-0.15, -0.1) is 11.3 Å². The summed E-state index contributed by atoms with van der Waals surface area (Å²) in [5.74, 6) is -0.766. The Bertz CT molecular complexity index is 425. The van der Waals surface area contributed by atoms with Crippen molar-refractivity contribution in [2.24, 2.45) is 5.41 Å². The molecule has 0 atom stereocenters. The second-order valence-corrected chi connectivity index (χ2v) is 6.62. The minimum Gasteiger partial charge on any atom is -0.481 e. The molecule has 0 bridgehead atoms. The molecule has 1 aliphatic rings. The average Bonchev–Trinajstić information content (AvgIpc) is 2.83. The van der Waals surface area contributed by atoms with Crippen molar-refractivity contribution in [2.75, 3.05) is 11.9 Å². The summed E-state index contributed by atoms with van der Waals surface area (Å²) in [4.78, 5) is 15.0. The molecule has 1 fully saturated rings. The number of aliphatic carboxylic acids is 1. The maximum absolute atomic E-state index is 10.5. The molecule has 2 N–H and O–H groups in total. The SMILES string of the molecule is CC1(CNc2nc(CCC(=O)O)cs2)CCCCC1. The third-order valence-corrected chi connectivity index (χ3v) is 4.72. The number of aryl methyl sites for hydroxylation is 1. The molecular weight excluding hydrogens is 260 g/mol. The fourth-order valence-corrected chi connectivity index (χ4v) is 3.35. The maximum atomic E-state index is 10.5. The van der Waals surface area contributed by atoms with Crippen LogP contribution in [0.3, 0.4) is 0 Å². The molecule has 0 aromatic carbocycles. The van der Waals surface area contributed by atoms with Crippen LogP contribution in [0.2, 0.25) is 0 Å². The summed E-state index contributed by atoms with van der Waals surface area (Å²) in [5.41, 5.74) is 1.27. The van der Waals surface area contributed by atoms with Crippen LogP contribution in [0.1, 0.15) is 51.1 Å². The lowest BCUT2D eigenvalue weighted by Gasteiger charge is -2.33. The number of carbonyl (C=O) groups is 1. The van der Waals surface area contributed by atoms with Crippen molar-refractivity contribution in [2.45, 2.75) is 51.9 Å². The highest BCUT2D eigenvalue weighted by atomic mass is 32.1. The summed E-state index contributed by atoms with van der Waals surface area (Å²) < 4.78 is 0. The van der Waals surface area contributed by atoms with Gasteiger partial charge in [0.1, 0.15) is 0 Å². The van der Waals surface area contributed by atoms with Crippen molar-refractivity contribution in [1.29, 1.82) is 0 Å². The first-order valence-electron chi connectivity index (χ1n) is 6.97. The van der Waals surface area contributed by atoms with Crippen molar-refractivity contribution in [3.05, 3.63) is 11.1 Å². The third-order valence-electron chi connectivity index (χ3n) is 3.87. The lowest BCUT2D eigenvalue weighted by molar-refractivity contribution is -0.136. The number of hydrogen-bond acceptors (Lipinski definition) is 4. The largest absolute Gasteiger partial charge is 0.481 e. The Morgan fingerprint density at radius 2 is 2.21 bits per heavy atom. The van der Waals surface area contributed by atoms with Gasteiger partial charge in [-0.3, -0.25) is 4.79 Å². The molecular formula is C14H22N2O2S. The smallest absolute Gasteiger partial charge is 0.303 e. The van der Waals surface area contributed by atoms with Crippen LogP contribution in [-0.4, -0.2) is 22.6 Å². The van der Waals surface area contributed by atoms with Crippen molar-refractivity contribution in [3.63, 3.8) is 0 Å². The number of nitrogens with zero attached hydrogens (tertiary/aromatic N) is 1. The molecule has 106 valence electrons. The molecule has 0 amide bonds. The number of nitrogens with one attached hydrogen (secondary N) is 1. The zero-order valence-corrected chi connectivity index (χ0v) is 12.3. The molecule has 0 spiro atoms. The van der Waals surface area contributed by atoms with Crippen molar-refractivity contribution < 1.29 is 9.90 Å². The molecule has 1 aromatic rings. The first-order chi connectivity index (χ1) is 9.07. The highest BCUT2D eigenvalue weighted by Crippen LogP contribution is 2.36. The molecule has 5 heteroatoms. The molecule has 0 saturated heterocycles. The molecule has 19 heavy (non-hydrogen) atoms. The van der Waals surface area contributed by atoms with Gasteiger partial charge >= 0.3 is 5.97 Å². The van der Waals surface area contributed by atoms with Crippen LogP contribution in [0.4, 0.5) is 5.13 Å². The number of thiazole rings is 1. The molecule has 1 saturated carbocycles. The third kappa shape index (κ3) is 4.49. The van der Waals surface area contributed by atoms with Gasteiger partial charge in [0.25, 0.3) is 0 Å². The van der Waals surface area contributed by atoms with E-state index < -0.39 is 5.97 Å². The minimum absolute atomic E-state index is 0.154. The Labute approximate surface area is 118 Å². The Hall–Kier alpha value is -1.10. The zero-order chi connectivity index (χ0) is 13.7. The van der Waals surface area contributed by atoms with Gasteiger partial charge in [-0.05, 0) is 18.3 Å². The normalized spacial score (nSPS) is 18.2. The van der Waals surface area contributed by atoms with Crippen LogP contribution in [-0.2, 0) is 11.2 Å². The number of hydrogen-bond donors (Lipinski definition) is 2. The number of rotatable bonds is 6. The lowest BCUT2D eigenvalue weighted by atomic mass is 9.76. The number of anilines is 1. The highest BCUT2D eigenvalue weighted by molar-refractivity contribution is 7.13. The second kappa shape index (κ2) is 6.37. The van der Waals surface area contributed by atoms with E-state index in [4.69, 9.17) is 5.11 Å². The Morgan fingerprint density at radius 1 is 1.47 bits per heavy atom. The topological polar surface area (TPSA) is 62.2 Å². The first kappa shape index (κ1) is 14.3. The average molecular weight is 282 g/mol. The van der Waals surface area contributed by atoms with Crippen LogP contribution in [0.25, 0.3) is 0 Å². The summed E-state index contributed by atoms with van der Waals surface area (Å²) in [6, 6.07) is 0. The van der Waals surface area contributed by atoms with Gasteiger partial charge in [-0.2, -0.15) is 0 Å². The van der Waals surface area contributed by atoms with E-state index in [-0.39, 0.29) is 6.42 Å². The van der Waals surface area contributed by atoms with Gasteiger partial charge in [0.05, 0.1) is 12.1 Å². The zero-order valence-electron chi connectivity index (χ0n) is 11.4. The van der Waals surface area contributed by atoms with E-state index in [1.54, 1.807) is 11.3 Å². The molecule has 1 heterocycles. The predicted octanol–water partition coefficient (Wildman–Crippen LogP) is 3.54. The van der Waals surface area contributed by atoms with Crippen LogP contribution < -0.4 is 5.32 Å². The lowest BCUT2D eigenvalue weighted by Crippen LogP contribution is -2.28. The molecule has 2 rings (SSSR count). The molecule has 0 radical (unpaired) electrons. The fourth-order valence-electron chi connectivity index (χ4n) is 2.61. The monoisotopic (exact) mass is 282 g/mol. The Balaban J connectivity index is 1.81. The van der Waals surface area contributed by atoms with E-state index in [2.05, 4.69) is 17.2 Å². The summed E-state index contributed by atoms with van der Waals surface area (Å²) in [5, 5.41) is 14.9. The van der Waals surface area contributed by atoms with E-state index in [1.807, 2.05) is 5.38 Å². The van der Waals surface area contributed by atoms with Crippen molar-refractivity contribution in [3.8, 4) is 0 Å². The van der Waals surface area contributed by atoms with Gasteiger partial charge in [0, 0.05) is 18.3 Å². The predicted molar refractivity (Wildman–Crippen MR) is 77.8 cm³/mol. The van der Waals surface area contributed by atoms with Gasteiger partial charge in [-0.25, -0.2) is 4.98 Å². The minimum atomic E-state index is -0.766. The summed E-state index contributed by atoms with van der Waals surface area (Å²) in [6.07, 6.45) is 7.28. The van der Waals surface area contributed by atoms with Gasteiger partial charge in [0.2, 0.25) is 0 Å². The maximum Gasteiger partial charge on any atom is 0.303 e. The van der Waals surface area contributed by atoms with E-state index in [9.17, 15) is 4.79 Å². The number of carboxylic acid groups (broad SMARTS) is 1. The Kier molecular flexibility index (Phi) is 4.80. The summed E-state index contributed by atoms with van der Waals surface area (Å²) in [6.45, 7) is 3.32. The van der Waals surface area contributed by atoms with E-state index >= 15 is 0 Å². The van der Waals surface area contributed by atoms with Crippen molar-refractivity contribution in [1.82, 2.24) is 4.98 Å². The molecule has 1 aromatic heterocycles. The molecule has 1 aliphatic carbocycles. The van der Waals surface area contributed by atoms with Gasteiger partial charge in [0.15, 0.2) is 5.13 Å². The van der Waals surface area contributed by atoms with Gasteiger partial charge in [-0.1, -0.05) is 26.2 Å². The van der Waals surface area contributed by atoms with E-state index in [1.165, 1.54) is 32.1 Å². The molecule has 0 unspecified atom stereocenters. The van der Waals surface area contributed by atoms with E-state index in [0.717, 1.165) is 17.4 Å². The number of carboxylic acids is 1. The quantitative estimate of drug-likeness (QED) is 0.837. The van der Waals surface area contributed by atoms with Crippen LogP contribution in [0.5, 0.6) is 0 Å². The summed E-state index contributed by atoms with van der Waals surface area (Å²) in [7, 11) is 0. The van der Waals surface area contributed by atoms with Crippen LogP contribution in [0.15, 0.2) is 5.38 Å². The van der Waals surface area contributed by atoms with Crippen LogP contribution >= 0.6 is 11.3 Å². The van der Waals surface area contributed by atoms with E-state index in [0.29, 0.717) is 11.8 Å². The molecule has 4 nitrogen and oxygen atoms in total. The standard InChI is InChI=1S/C14H22N2O2S/c1-14(7-3-2-4-8-14)10-15-13-16-11(9-19-13)5-6-12(17)18/h9H,2-8,10H2,1H3,(H,15,16)(H,17,18).